The van der Waals surface area contributed by atoms with Gasteiger partial charge >= 0.3 is 5.97 Å². The van der Waals surface area contributed by atoms with E-state index < -0.39 is 0 Å². The maximum Gasteiger partial charge on any atom is 0.311 e. The molecule has 0 aliphatic heterocycles. The molecule has 0 amide bonds. The normalized spacial score (nSPS) is 11.8. The lowest BCUT2D eigenvalue weighted by atomic mass is 10.1. The lowest BCUT2D eigenvalue weighted by Crippen LogP contribution is -2.08. The maximum atomic E-state index is 11.4. The Balaban J connectivity index is 2.34. The fourth-order valence-corrected chi connectivity index (χ4v) is 1.13. The lowest BCUT2D eigenvalue weighted by Gasteiger charge is -2.05. The third-order valence-corrected chi connectivity index (χ3v) is 2.18. The Labute approximate surface area is 90.6 Å². The van der Waals surface area contributed by atoms with E-state index in [0.717, 1.165) is 6.42 Å². The van der Waals surface area contributed by atoms with Crippen LogP contribution in [-0.2, 0) is 4.79 Å². The molecule has 0 bridgehead atoms. The number of benzene rings is 1. The van der Waals surface area contributed by atoms with Gasteiger partial charge in [-0.3, -0.25) is 4.79 Å². The summed E-state index contributed by atoms with van der Waals surface area (Å²) < 4.78 is 5.14. The number of carbonyl (C=O) groups is 1. The van der Waals surface area contributed by atoms with E-state index in [2.05, 4.69) is 6.58 Å². The number of hydrogen-bond donors (Lipinski definition) is 0. The molecule has 2 nitrogen and oxygen atoms in total. The highest BCUT2D eigenvalue weighted by molar-refractivity contribution is 5.72. The van der Waals surface area contributed by atoms with Crippen LogP contribution in [0.3, 0.4) is 0 Å². The Bertz CT molecular complexity index is 317. The average molecular weight is 204 g/mol. The van der Waals surface area contributed by atoms with E-state index in [0.29, 0.717) is 18.1 Å². The summed E-state index contributed by atoms with van der Waals surface area (Å²) >= 11 is 0. The summed E-state index contributed by atoms with van der Waals surface area (Å²) in [5.41, 5.74) is 0. The first-order chi connectivity index (χ1) is 7.22. The number of rotatable bonds is 5. The van der Waals surface area contributed by atoms with Crippen molar-refractivity contribution >= 4 is 5.97 Å². The fraction of sp³-hybridized carbons (Fsp3) is 0.308. The van der Waals surface area contributed by atoms with E-state index in [1.807, 2.05) is 31.2 Å². The highest BCUT2D eigenvalue weighted by Gasteiger charge is 2.06. The summed E-state index contributed by atoms with van der Waals surface area (Å²) in [6.45, 7) is 5.70. The Morgan fingerprint density at radius 3 is 2.73 bits per heavy atom. The van der Waals surface area contributed by atoms with Gasteiger partial charge in [-0.25, -0.2) is 0 Å². The van der Waals surface area contributed by atoms with Gasteiger partial charge in [0.1, 0.15) is 5.75 Å². The zero-order chi connectivity index (χ0) is 11.1. The molecule has 1 rings (SSSR count). The van der Waals surface area contributed by atoms with Gasteiger partial charge in [-0.05, 0) is 24.5 Å². The van der Waals surface area contributed by atoms with Gasteiger partial charge in [0.25, 0.3) is 0 Å². The van der Waals surface area contributed by atoms with Crippen molar-refractivity contribution in [2.75, 3.05) is 0 Å². The number of allylic oxidation sites excluding steroid dienone is 1. The quantitative estimate of drug-likeness (QED) is 0.418. The molecule has 0 fully saturated rings. The molecular weight excluding hydrogens is 188 g/mol. The largest absolute Gasteiger partial charge is 0.427 e. The van der Waals surface area contributed by atoms with Gasteiger partial charge in [0.2, 0.25) is 0 Å². The van der Waals surface area contributed by atoms with Crippen LogP contribution in [-0.4, -0.2) is 5.97 Å². The van der Waals surface area contributed by atoms with E-state index >= 15 is 0 Å². The molecular formula is C13H16O2. The monoisotopic (exact) mass is 204 g/mol. The van der Waals surface area contributed by atoms with Gasteiger partial charge in [0.15, 0.2) is 0 Å². The number of hydrogen-bond acceptors (Lipinski definition) is 2. The Kier molecular flexibility index (Phi) is 4.61. The first kappa shape index (κ1) is 11.5. The number of esters is 1. The highest BCUT2D eigenvalue weighted by Crippen LogP contribution is 2.12. The van der Waals surface area contributed by atoms with E-state index in [1.54, 1.807) is 12.1 Å². The van der Waals surface area contributed by atoms with Crippen molar-refractivity contribution in [1.82, 2.24) is 0 Å². The second kappa shape index (κ2) is 6.02. The summed E-state index contributed by atoms with van der Waals surface area (Å²) in [7, 11) is 0. The molecule has 0 spiro atoms. The predicted molar refractivity (Wildman–Crippen MR) is 60.7 cm³/mol. The average Bonchev–Trinajstić information content (AvgIpc) is 2.27. The summed E-state index contributed by atoms with van der Waals surface area (Å²) in [5, 5.41) is 0. The third-order valence-electron chi connectivity index (χ3n) is 2.18. The summed E-state index contributed by atoms with van der Waals surface area (Å²) in [5.74, 6) is 0.775. The molecule has 1 atom stereocenters. The second-order valence-corrected chi connectivity index (χ2v) is 3.54. The standard InChI is InChI=1S/C13H16O2/c1-3-11(2)9-10-13(14)15-12-7-5-4-6-8-12/h3-8,11H,1,9-10H2,2H3. The molecule has 1 unspecified atom stereocenters. The van der Waals surface area contributed by atoms with Gasteiger partial charge in [-0.1, -0.05) is 31.2 Å². The molecule has 15 heavy (non-hydrogen) atoms. The number of carbonyl (C=O) groups excluding carboxylic acids is 1. The van der Waals surface area contributed by atoms with Gasteiger partial charge in [-0.2, -0.15) is 0 Å². The first-order valence-corrected chi connectivity index (χ1v) is 5.10. The minimum Gasteiger partial charge on any atom is -0.427 e. The lowest BCUT2D eigenvalue weighted by molar-refractivity contribution is -0.134. The molecule has 80 valence electrons. The molecule has 0 heterocycles. The van der Waals surface area contributed by atoms with Gasteiger partial charge in [-0.15, -0.1) is 6.58 Å². The van der Waals surface area contributed by atoms with Crippen molar-refractivity contribution in [3.8, 4) is 5.75 Å². The molecule has 1 aromatic rings. The van der Waals surface area contributed by atoms with Crippen LogP contribution in [0.1, 0.15) is 19.8 Å². The highest BCUT2D eigenvalue weighted by atomic mass is 16.5. The molecule has 0 aliphatic rings. The van der Waals surface area contributed by atoms with Crippen LogP contribution >= 0.6 is 0 Å². The van der Waals surface area contributed by atoms with Crippen LogP contribution in [0.2, 0.25) is 0 Å². The molecule has 0 saturated heterocycles. The molecule has 0 radical (unpaired) electrons. The van der Waals surface area contributed by atoms with Gasteiger partial charge < -0.3 is 4.74 Å². The van der Waals surface area contributed by atoms with Crippen LogP contribution in [0.5, 0.6) is 5.75 Å². The smallest absolute Gasteiger partial charge is 0.311 e. The van der Waals surface area contributed by atoms with Crippen LogP contribution < -0.4 is 4.74 Å². The van der Waals surface area contributed by atoms with Crippen LogP contribution in [0, 0.1) is 5.92 Å². The second-order valence-electron chi connectivity index (χ2n) is 3.54. The molecule has 0 saturated carbocycles. The minimum atomic E-state index is -0.185. The SMILES string of the molecule is C=CC(C)CCC(=O)Oc1ccccc1. The molecule has 0 aliphatic carbocycles. The van der Waals surface area contributed by atoms with Crippen LogP contribution in [0.4, 0.5) is 0 Å². The maximum absolute atomic E-state index is 11.4. The minimum absolute atomic E-state index is 0.185. The van der Waals surface area contributed by atoms with Crippen molar-refractivity contribution < 1.29 is 9.53 Å². The number of ether oxygens (including phenoxy) is 1. The van der Waals surface area contributed by atoms with Crippen molar-refractivity contribution in [3.05, 3.63) is 43.0 Å². The van der Waals surface area contributed by atoms with Crippen molar-refractivity contribution in [2.24, 2.45) is 5.92 Å². The molecule has 0 N–H and O–H groups in total. The fourth-order valence-electron chi connectivity index (χ4n) is 1.13. The van der Waals surface area contributed by atoms with Gasteiger partial charge in [0, 0.05) is 6.42 Å². The van der Waals surface area contributed by atoms with Gasteiger partial charge in [0.05, 0.1) is 0 Å². The zero-order valence-corrected chi connectivity index (χ0v) is 8.98. The van der Waals surface area contributed by atoms with E-state index in [4.69, 9.17) is 4.74 Å². The van der Waals surface area contributed by atoms with E-state index in [-0.39, 0.29) is 5.97 Å². The Morgan fingerprint density at radius 2 is 2.13 bits per heavy atom. The molecule has 2 heteroatoms. The van der Waals surface area contributed by atoms with Crippen molar-refractivity contribution in [2.45, 2.75) is 19.8 Å². The Morgan fingerprint density at radius 1 is 1.47 bits per heavy atom. The van der Waals surface area contributed by atoms with Crippen LogP contribution in [0.25, 0.3) is 0 Å². The van der Waals surface area contributed by atoms with Crippen molar-refractivity contribution in [1.29, 1.82) is 0 Å². The molecule has 0 aromatic heterocycles. The summed E-state index contributed by atoms with van der Waals surface area (Å²) in [6.07, 6.45) is 3.06. The third kappa shape index (κ3) is 4.45. The Hall–Kier alpha value is -1.57. The van der Waals surface area contributed by atoms with Crippen molar-refractivity contribution in [3.63, 3.8) is 0 Å². The summed E-state index contributed by atoms with van der Waals surface area (Å²) in [4.78, 5) is 11.4. The first-order valence-electron chi connectivity index (χ1n) is 5.10. The molecule has 1 aromatic carbocycles. The topological polar surface area (TPSA) is 26.3 Å². The summed E-state index contributed by atoms with van der Waals surface area (Å²) in [6, 6.07) is 9.12. The van der Waals surface area contributed by atoms with Crippen LogP contribution in [0.15, 0.2) is 43.0 Å². The zero-order valence-electron chi connectivity index (χ0n) is 8.98. The van der Waals surface area contributed by atoms with E-state index in [9.17, 15) is 4.79 Å². The predicted octanol–water partition coefficient (Wildman–Crippen LogP) is 3.19. The number of para-hydroxylation sites is 1. The van der Waals surface area contributed by atoms with E-state index in [1.165, 1.54) is 0 Å².